The topological polar surface area (TPSA) is 93.7 Å². The van der Waals surface area contributed by atoms with Gasteiger partial charge in [0, 0.05) is 0 Å². The van der Waals surface area contributed by atoms with Gasteiger partial charge in [-0.3, -0.25) is 0 Å². The number of carbonyl (C=O) groups excluding carboxylic acids is 4. The number of aryl methyl sites for hydroxylation is 8. The third-order valence-electron chi connectivity index (χ3n) is 9.95. The van der Waals surface area contributed by atoms with E-state index in [1.807, 2.05) is 128 Å². The van der Waals surface area contributed by atoms with Gasteiger partial charge in [0.25, 0.3) is 0 Å². The number of carbonyl (C=O) groups is 2. The van der Waals surface area contributed by atoms with Gasteiger partial charge >= 0.3 is 283 Å². The average molecular weight is 683 g/mol. The monoisotopic (exact) mass is 682 g/mol. The van der Waals surface area contributed by atoms with E-state index < -0.39 is 27.1 Å². The summed E-state index contributed by atoms with van der Waals surface area (Å²) in [6.07, 6.45) is 0. The molecule has 250 valence electrons. The van der Waals surface area contributed by atoms with Crippen LogP contribution < -0.4 is 0 Å². The normalized spacial score (nSPS) is 19.5. The minimum absolute atomic E-state index is 0.0291. The average Bonchev–Trinajstić information content (AvgIpc) is 3.27. The van der Waals surface area contributed by atoms with Crippen LogP contribution in [0.4, 0.5) is 0 Å². The standard InChI is InChI=1S/C38H42O8Si2/c1-23-15-11-16-24(2)31(23)35(39)41-47(9)43-37(33-27(5)19-13-20-28(33)6)45-48(47,10,42-36(40)32-25(3)17-12-18-26(32)4)46-38(44-47)34-29(7)21-14-22-30(34)8/h11-22H,1-10H3. The fraction of sp³-hybridized carbons (Fsp3) is 0.263. The van der Waals surface area contributed by atoms with Gasteiger partial charge in [-0.25, -0.2) is 0 Å². The summed E-state index contributed by atoms with van der Waals surface area (Å²) >= 11 is 0. The van der Waals surface area contributed by atoms with Crippen molar-refractivity contribution in [3.05, 3.63) is 140 Å². The van der Waals surface area contributed by atoms with Crippen molar-refractivity contribution in [2.24, 2.45) is 0 Å². The molecule has 0 aromatic heterocycles. The molecule has 0 amide bonds. The fourth-order valence-electron chi connectivity index (χ4n) is 6.99. The zero-order valence-electron chi connectivity index (χ0n) is 29.2. The van der Waals surface area contributed by atoms with Crippen LogP contribution in [0.5, 0.6) is 0 Å². The maximum absolute atomic E-state index is 14.5. The van der Waals surface area contributed by atoms with E-state index in [-0.39, 0.29) is 11.9 Å². The van der Waals surface area contributed by atoms with Gasteiger partial charge in [0.15, 0.2) is 0 Å². The van der Waals surface area contributed by atoms with Gasteiger partial charge in [0.2, 0.25) is 0 Å². The number of rotatable bonds is 6. The first-order valence-corrected chi connectivity index (χ1v) is 22.5. The second-order valence-electron chi connectivity index (χ2n) is 13.7. The quantitative estimate of drug-likeness (QED) is 0.151. The SMILES string of the molecule is Cc1cccc(C)c1C(=O)O[Si-]12(C)OC(c3c(C)cccc3C)=[O+][Si-]1(C)(OC(=O)c1c(C)cccc1C)OC(c1c(C)cccc1C)=[O+]2. The molecule has 2 aliphatic heterocycles. The summed E-state index contributed by atoms with van der Waals surface area (Å²) in [7, 11) is -11.1. The van der Waals surface area contributed by atoms with Gasteiger partial charge in [-0.1, -0.05) is 0 Å². The van der Waals surface area contributed by atoms with Gasteiger partial charge in [-0.05, 0) is 0 Å². The van der Waals surface area contributed by atoms with Crippen LogP contribution >= 0.6 is 0 Å². The van der Waals surface area contributed by atoms with Crippen LogP contribution in [0.1, 0.15) is 84.6 Å². The van der Waals surface area contributed by atoms with Crippen LogP contribution in [0, 0.1) is 55.4 Å². The van der Waals surface area contributed by atoms with E-state index in [9.17, 15) is 9.59 Å². The molecule has 0 saturated carbocycles. The predicted molar refractivity (Wildman–Crippen MR) is 189 cm³/mol. The van der Waals surface area contributed by atoms with Gasteiger partial charge in [0.1, 0.15) is 0 Å². The summed E-state index contributed by atoms with van der Waals surface area (Å²) < 4.78 is 41.2. The Bertz CT molecular complexity index is 1910. The van der Waals surface area contributed by atoms with Crippen LogP contribution in [-0.4, -0.2) is 39.1 Å². The van der Waals surface area contributed by atoms with E-state index in [0.717, 1.165) is 22.3 Å². The second-order valence-corrected chi connectivity index (χ2v) is 27.2. The van der Waals surface area contributed by atoms with Crippen molar-refractivity contribution in [2.45, 2.75) is 68.5 Å². The van der Waals surface area contributed by atoms with Gasteiger partial charge < -0.3 is 0 Å². The number of hydrogen-bond acceptors (Lipinski definition) is 6. The van der Waals surface area contributed by atoms with Crippen molar-refractivity contribution in [3.8, 4) is 0 Å². The molecule has 8 nitrogen and oxygen atoms in total. The van der Waals surface area contributed by atoms with Gasteiger partial charge in [-0.2, -0.15) is 0 Å². The molecule has 2 aliphatic rings. The number of benzene rings is 4. The second kappa shape index (κ2) is 10.9. The van der Waals surface area contributed by atoms with Crippen molar-refractivity contribution < 1.29 is 35.5 Å². The van der Waals surface area contributed by atoms with E-state index in [0.29, 0.717) is 44.5 Å². The summed E-state index contributed by atoms with van der Waals surface area (Å²) in [5.74, 6) is -1.32. The Labute approximate surface area is 282 Å². The van der Waals surface area contributed by atoms with E-state index in [2.05, 4.69) is 0 Å². The fourth-order valence-corrected chi connectivity index (χ4v) is 17.9. The van der Waals surface area contributed by atoms with Crippen molar-refractivity contribution in [1.82, 2.24) is 0 Å². The molecule has 0 bridgehead atoms. The van der Waals surface area contributed by atoms with Crippen LogP contribution in [0.15, 0.2) is 72.8 Å². The Kier molecular flexibility index (Phi) is 7.49. The first-order chi connectivity index (χ1) is 22.5. The number of fused-ring (bicyclic) bond motifs is 1. The summed E-state index contributed by atoms with van der Waals surface area (Å²) in [6, 6.07) is 22.6. The molecule has 0 atom stereocenters. The molecule has 48 heavy (non-hydrogen) atoms. The molecule has 0 spiro atoms. The van der Waals surface area contributed by atoms with E-state index in [4.69, 9.17) is 25.9 Å². The summed E-state index contributed by atoms with van der Waals surface area (Å²) in [4.78, 5) is 29.0. The molecule has 2 heterocycles. The Morgan fingerprint density at radius 3 is 1.00 bits per heavy atom. The van der Waals surface area contributed by atoms with Crippen molar-refractivity contribution in [1.29, 1.82) is 0 Å². The van der Waals surface area contributed by atoms with Crippen LogP contribution in [0.3, 0.4) is 0 Å². The van der Waals surface area contributed by atoms with Crippen molar-refractivity contribution >= 4 is 39.1 Å². The van der Waals surface area contributed by atoms with Crippen LogP contribution in [0.2, 0.25) is 13.1 Å². The first-order valence-electron chi connectivity index (χ1n) is 16.1. The Morgan fingerprint density at radius 2 is 0.729 bits per heavy atom. The first kappa shape index (κ1) is 33.1. The molecule has 0 fully saturated rings. The molecule has 0 N–H and O–H groups in total. The molecule has 6 rings (SSSR count). The number of hydrogen-bond donors (Lipinski definition) is 0. The molecule has 0 radical (unpaired) electrons. The van der Waals surface area contributed by atoms with Crippen molar-refractivity contribution in [3.63, 3.8) is 0 Å². The Morgan fingerprint density at radius 1 is 0.479 bits per heavy atom. The van der Waals surface area contributed by atoms with Gasteiger partial charge in [-0.15, -0.1) is 0 Å². The molecular weight excluding hydrogens is 641 g/mol. The molecule has 0 unspecified atom stereocenters. The van der Waals surface area contributed by atoms with Crippen LogP contribution in [0.25, 0.3) is 0 Å². The summed E-state index contributed by atoms with van der Waals surface area (Å²) in [5.41, 5.74) is 8.18. The van der Waals surface area contributed by atoms with Crippen molar-refractivity contribution in [2.75, 3.05) is 0 Å². The minimum atomic E-state index is -5.55. The van der Waals surface area contributed by atoms with E-state index in [1.54, 1.807) is 13.1 Å². The molecule has 4 aromatic rings. The molecule has 10 heteroatoms. The van der Waals surface area contributed by atoms with Gasteiger partial charge in [0.05, 0.1) is 0 Å². The molecule has 4 aromatic carbocycles. The summed E-state index contributed by atoms with van der Waals surface area (Å²) in [6.45, 7) is 18.2. The van der Waals surface area contributed by atoms with E-state index >= 15 is 0 Å². The Hall–Kier alpha value is -4.81. The zero-order chi connectivity index (χ0) is 34.9. The maximum atomic E-state index is 14.5. The molecule has 0 saturated heterocycles. The zero-order valence-corrected chi connectivity index (χ0v) is 31.2. The molecular formula is C38H42O8Si2. The molecule has 0 aliphatic carbocycles. The Balaban J connectivity index is 1.68. The third-order valence-corrected chi connectivity index (χ3v) is 25.6. The van der Waals surface area contributed by atoms with Crippen LogP contribution in [-0.2, 0) is 17.7 Å². The predicted octanol–water partition coefficient (Wildman–Crippen LogP) is 8.10. The summed E-state index contributed by atoms with van der Waals surface area (Å²) in [5, 5.41) is 0. The third kappa shape index (κ3) is 4.68. The van der Waals surface area contributed by atoms with E-state index in [1.165, 1.54) is 0 Å².